The van der Waals surface area contributed by atoms with Gasteiger partial charge in [-0.1, -0.05) is 41.9 Å². The molecule has 0 saturated carbocycles. The van der Waals surface area contributed by atoms with Crippen molar-refractivity contribution in [2.75, 3.05) is 0 Å². The molecule has 2 aromatic carbocycles. The number of nitrogens with one attached hydrogen (secondary N) is 2. The first-order chi connectivity index (χ1) is 10.1. The molecule has 3 aromatic rings. The van der Waals surface area contributed by atoms with Gasteiger partial charge in [0, 0.05) is 29.2 Å². The second-order valence-electron chi connectivity index (χ2n) is 5.12. The van der Waals surface area contributed by atoms with Crippen LogP contribution in [0.5, 0.6) is 0 Å². The molecule has 0 fully saturated rings. The van der Waals surface area contributed by atoms with E-state index < -0.39 is 0 Å². The van der Waals surface area contributed by atoms with Crippen molar-refractivity contribution in [2.24, 2.45) is 0 Å². The number of hydrogen-bond donors (Lipinski definition) is 2. The van der Waals surface area contributed by atoms with Gasteiger partial charge in [-0.05, 0) is 30.7 Å². The van der Waals surface area contributed by atoms with Crippen LogP contribution in [0.1, 0.15) is 24.2 Å². The number of aromatic nitrogens is 1. The topological polar surface area (TPSA) is 27.8 Å². The summed E-state index contributed by atoms with van der Waals surface area (Å²) in [6.07, 6.45) is 0. The zero-order chi connectivity index (χ0) is 14.8. The van der Waals surface area contributed by atoms with Crippen LogP contribution < -0.4 is 5.32 Å². The fraction of sp³-hybridized carbons (Fsp3) is 0.176. The van der Waals surface area contributed by atoms with E-state index in [4.69, 9.17) is 11.6 Å². The Kier molecular flexibility index (Phi) is 3.95. The highest BCUT2D eigenvalue weighted by Crippen LogP contribution is 2.27. The molecule has 108 valence electrons. The Balaban J connectivity index is 1.75. The van der Waals surface area contributed by atoms with Crippen LogP contribution in [0, 0.1) is 5.82 Å². The van der Waals surface area contributed by atoms with Crippen LogP contribution in [0.25, 0.3) is 10.9 Å². The zero-order valence-corrected chi connectivity index (χ0v) is 12.4. The maximum absolute atomic E-state index is 13.2. The van der Waals surface area contributed by atoms with E-state index in [0.29, 0.717) is 6.54 Å². The number of benzene rings is 2. The lowest BCUT2D eigenvalue weighted by atomic mass is 10.1. The van der Waals surface area contributed by atoms with Gasteiger partial charge in [0.1, 0.15) is 5.82 Å². The summed E-state index contributed by atoms with van der Waals surface area (Å²) in [5, 5.41) is 5.12. The summed E-state index contributed by atoms with van der Waals surface area (Å²) in [7, 11) is 0. The number of H-pyrrole nitrogens is 1. The summed E-state index contributed by atoms with van der Waals surface area (Å²) >= 11 is 6.38. The fourth-order valence-electron chi connectivity index (χ4n) is 2.43. The maximum atomic E-state index is 13.2. The molecule has 1 atom stereocenters. The Labute approximate surface area is 127 Å². The number of halogens is 2. The first-order valence-electron chi connectivity index (χ1n) is 6.89. The minimum absolute atomic E-state index is 0.0446. The van der Waals surface area contributed by atoms with Crippen LogP contribution >= 0.6 is 11.6 Å². The van der Waals surface area contributed by atoms with Crippen LogP contribution in [0.3, 0.4) is 0 Å². The minimum atomic E-state index is -0.218. The van der Waals surface area contributed by atoms with Crippen LogP contribution in [0.2, 0.25) is 5.02 Å². The van der Waals surface area contributed by atoms with Gasteiger partial charge in [0.2, 0.25) is 0 Å². The highest BCUT2D eigenvalue weighted by atomic mass is 35.5. The highest BCUT2D eigenvalue weighted by Gasteiger charge is 2.11. The SMILES string of the molecule is CC(NCc1[nH]c2ccccc2c1Cl)c1cccc(F)c1. The molecule has 1 unspecified atom stereocenters. The standard InChI is InChI=1S/C17H16ClFN2/c1-11(12-5-4-6-13(19)9-12)20-10-16-17(18)14-7-2-3-8-15(14)21-16/h2-9,11,20-21H,10H2,1H3. The Morgan fingerprint density at radius 1 is 1.19 bits per heavy atom. The van der Waals surface area contributed by atoms with Gasteiger partial charge in [0.05, 0.1) is 5.02 Å². The maximum Gasteiger partial charge on any atom is 0.123 e. The molecule has 0 spiro atoms. The third-order valence-electron chi connectivity index (χ3n) is 3.65. The highest BCUT2D eigenvalue weighted by molar-refractivity contribution is 6.36. The van der Waals surface area contributed by atoms with E-state index in [1.165, 1.54) is 6.07 Å². The molecule has 1 heterocycles. The van der Waals surface area contributed by atoms with Crippen molar-refractivity contribution in [1.82, 2.24) is 10.3 Å². The second kappa shape index (κ2) is 5.88. The molecule has 0 amide bonds. The summed E-state index contributed by atoms with van der Waals surface area (Å²) in [6, 6.07) is 14.6. The van der Waals surface area contributed by atoms with Gasteiger partial charge in [0.15, 0.2) is 0 Å². The van der Waals surface area contributed by atoms with E-state index in [-0.39, 0.29) is 11.9 Å². The molecule has 0 aliphatic heterocycles. The molecule has 2 N–H and O–H groups in total. The molecule has 0 bridgehead atoms. The molecular formula is C17H16ClFN2. The third kappa shape index (κ3) is 2.94. The summed E-state index contributed by atoms with van der Waals surface area (Å²) in [6.45, 7) is 2.61. The van der Waals surface area contributed by atoms with Gasteiger partial charge < -0.3 is 10.3 Å². The number of fused-ring (bicyclic) bond motifs is 1. The smallest absolute Gasteiger partial charge is 0.123 e. The van der Waals surface area contributed by atoms with Crippen molar-refractivity contribution in [3.63, 3.8) is 0 Å². The van der Waals surface area contributed by atoms with E-state index in [1.54, 1.807) is 12.1 Å². The second-order valence-corrected chi connectivity index (χ2v) is 5.50. The first-order valence-corrected chi connectivity index (χ1v) is 7.27. The summed E-state index contributed by atoms with van der Waals surface area (Å²) < 4.78 is 13.2. The molecule has 0 saturated heterocycles. The molecule has 0 aliphatic rings. The predicted molar refractivity (Wildman–Crippen MR) is 85.0 cm³/mol. The third-order valence-corrected chi connectivity index (χ3v) is 4.08. The monoisotopic (exact) mass is 302 g/mol. The number of para-hydroxylation sites is 1. The lowest BCUT2D eigenvalue weighted by molar-refractivity contribution is 0.561. The van der Waals surface area contributed by atoms with Crippen molar-refractivity contribution < 1.29 is 4.39 Å². The van der Waals surface area contributed by atoms with Crippen LogP contribution in [0.4, 0.5) is 4.39 Å². The van der Waals surface area contributed by atoms with Gasteiger partial charge in [-0.25, -0.2) is 4.39 Å². The van der Waals surface area contributed by atoms with Crippen LogP contribution in [-0.4, -0.2) is 4.98 Å². The number of hydrogen-bond acceptors (Lipinski definition) is 1. The Hall–Kier alpha value is -1.84. The average Bonchev–Trinajstić information content (AvgIpc) is 2.82. The van der Waals surface area contributed by atoms with Crippen LogP contribution in [0.15, 0.2) is 48.5 Å². The predicted octanol–water partition coefficient (Wildman–Crippen LogP) is 4.81. The van der Waals surface area contributed by atoms with Gasteiger partial charge >= 0.3 is 0 Å². The van der Waals surface area contributed by atoms with Gasteiger partial charge in [0.25, 0.3) is 0 Å². The molecule has 21 heavy (non-hydrogen) atoms. The van der Waals surface area contributed by atoms with Crippen molar-refractivity contribution in [1.29, 1.82) is 0 Å². The number of rotatable bonds is 4. The van der Waals surface area contributed by atoms with E-state index in [0.717, 1.165) is 27.2 Å². The van der Waals surface area contributed by atoms with E-state index in [1.807, 2.05) is 37.3 Å². The van der Waals surface area contributed by atoms with Crippen LogP contribution in [-0.2, 0) is 6.54 Å². The van der Waals surface area contributed by atoms with Gasteiger partial charge in [-0.2, -0.15) is 0 Å². The molecule has 0 aliphatic carbocycles. The van der Waals surface area contributed by atoms with Gasteiger partial charge in [-0.15, -0.1) is 0 Å². The summed E-state index contributed by atoms with van der Waals surface area (Å²) in [5.41, 5.74) is 2.89. The molecule has 4 heteroatoms. The molecule has 2 nitrogen and oxygen atoms in total. The molecule has 0 radical (unpaired) electrons. The van der Waals surface area contributed by atoms with Crippen molar-refractivity contribution in [3.8, 4) is 0 Å². The average molecular weight is 303 g/mol. The lowest BCUT2D eigenvalue weighted by Gasteiger charge is -2.14. The normalized spacial score (nSPS) is 12.7. The number of aromatic amines is 1. The Morgan fingerprint density at radius 2 is 2.00 bits per heavy atom. The van der Waals surface area contributed by atoms with E-state index in [9.17, 15) is 4.39 Å². The van der Waals surface area contributed by atoms with Crippen molar-refractivity contribution >= 4 is 22.5 Å². The van der Waals surface area contributed by atoms with Gasteiger partial charge in [-0.3, -0.25) is 0 Å². The quantitative estimate of drug-likeness (QED) is 0.711. The Bertz CT molecular complexity index is 766. The summed E-state index contributed by atoms with van der Waals surface area (Å²) in [5.74, 6) is -0.218. The lowest BCUT2D eigenvalue weighted by Crippen LogP contribution is -2.18. The summed E-state index contributed by atoms with van der Waals surface area (Å²) in [4.78, 5) is 3.31. The molecular weight excluding hydrogens is 287 g/mol. The van der Waals surface area contributed by atoms with Crippen molar-refractivity contribution in [2.45, 2.75) is 19.5 Å². The fourth-order valence-corrected chi connectivity index (χ4v) is 2.71. The Morgan fingerprint density at radius 3 is 2.76 bits per heavy atom. The zero-order valence-electron chi connectivity index (χ0n) is 11.7. The molecule has 3 rings (SSSR count). The first kappa shape index (κ1) is 14.1. The van der Waals surface area contributed by atoms with E-state index >= 15 is 0 Å². The minimum Gasteiger partial charge on any atom is -0.356 e. The largest absolute Gasteiger partial charge is 0.356 e. The van der Waals surface area contributed by atoms with E-state index in [2.05, 4.69) is 10.3 Å². The van der Waals surface area contributed by atoms with Crippen molar-refractivity contribution in [3.05, 3.63) is 70.6 Å². The molecule has 1 aromatic heterocycles.